The maximum Gasteiger partial charge on any atom is 0.248 e. The summed E-state index contributed by atoms with van der Waals surface area (Å²) in [6.07, 6.45) is 8.72. The van der Waals surface area contributed by atoms with Gasteiger partial charge in [-0.15, -0.1) is 0 Å². The number of nitrogens with one attached hydrogen (secondary N) is 1. The second-order valence-corrected chi connectivity index (χ2v) is 10.2. The molecule has 2 aromatic rings. The lowest BCUT2D eigenvalue weighted by atomic mass is 9.95. The first-order valence-corrected chi connectivity index (χ1v) is 12.1. The van der Waals surface area contributed by atoms with E-state index in [1.165, 1.54) is 23.6 Å². The van der Waals surface area contributed by atoms with Gasteiger partial charge < -0.3 is 9.84 Å². The highest BCUT2D eigenvalue weighted by Gasteiger charge is 2.36. The smallest absolute Gasteiger partial charge is 0.248 e. The maximum atomic E-state index is 13.1. The molecule has 3 heterocycles. The Kier molecular flexibility index (Phi) is 5.97. The predicted octanol–water partition coefficient (Wildman–Crippen LogP) is 3.03. The van der Waals surface area contributed by atoms with E-state index in [-0.39, 0.29) is 23.1 Å². The number of carbonyl (C=O) groups is 1. The first-order valence-electron chi connectivity index (χ1n) is 10.7. The summed E-state index contributed by atoms with van der Waals surface area (Å²) in [4.78, 5) is 13.1. The number of piperidine rings is 1. The van der Waals surface area contributed by atoms with Gasteiger partial charge in [0.15, 0.2) is 5.76 Å². The van der Waals surface area contributed by atoms with Crippen LogP contribution < -0.4 is 5.32 Å². The zero-order valence-corrected chi connectivity index (χ0v) is 18.3. The first kappa shape index (κ1) is 21.0. The van der Waals surface area contributed by atoms with Gasteiger partial charge in [0.05, 0.1) is 18.2 Å². The second kappa shape index (κ2) is 8.50. The van der Waals surface area contributed by atoms with Gasteiger partial charge in [-0.2, -0.15) is 9.40 Å². The third kappa shape index (κ3) is 4.02. The lowest BCUT2D eigenvalue weighted by Crippen LogP contribution is -2.44. The molecule has 1 saturated heterocycles. The van der Waals surface area contributed by atoms with Crippen LogP contribution in [0.15, 0.2) is 21.7 Å². The molecule has 10 heteroatoms. The highest BCUT2D eigenvalue weighted by atomic mass is 32.2. The number of sulfonamides is 1. The molecular weight excluding hydrogens is 406 g/mol. The van der Waals surface area contributed by atoms with Crippen molar-refractivity contribution in [3.05, 3.63) is 23.7 Å². The van der Waals surface area contributed by atoms with Crippen molar-refractivity contribution in [2.45, 2.75) is 69.7 Å². The fourth-order valence-electron chi connectivity index (χ4n) is 4.60. The predicted molar refractivity (Wildman–Crippen MR) is 110 cm³/mol. The monoisotopic (exact) mass is 435 g/mol. The van der Waals surface area contributed by atoms with Gasteiger partial charge in [-0.25, -0.2) is 13.1 Å². The summed E-state index contributed by atoms with van der Waals surface area (Å²) < 4.78 is 34.6. The number of aromatic nitrogens is 3. The number of aryl methyl sites for hydroxylation is 2. The quantitative estimate of drug-likeness (QED) is 0.773. The van der Waals surface area contributed by atoms with Crippen LogP contribution in [-0.2, 0) is 14.8 Å². The summed E-state index contributed by atoms with van der Waals surface area (Å²) in [6.45, 7) is 3.74. The van der Waals surface area contributed by atoms with Crippen molar-refractivity contribution < 1.29 is 17.7 Å². The summed E-state index contributed by atoms with van der Waals surface area (Å²) >= 11 is 0. The molecule has 0 radical (unpaired) electrons. The molecule has 1 aliphatic carbocycles. The van der Waals surface area contributed by atoms with Crippen LogP contribution in [0.3, 0.4) is 0 Å². The maximum absolute atomic E-state index is 13.1. The highest BCUT2D eigenvalue weighted by molar-refractivity contribution is 7.89. The minimum absolute atomic E-state index is 0.110. The van der Waals surface area contributed by atoms with Crippen molar-refractivity contribution >= 4 is 21.7 Å². The van der Waals surface area contributed by atoms with Crippen molar-refractivity contribution in [3.63, 3.8) is 0 Å². The molecule has 30 heavy (non-hydrogen) atoms. The topological polar surface area (TPSA) is 110 Å². The molecule has 2 fully saturated rings. The molecule has 164 valence electrons. The van der Waals surface area contributed by atoms with E-state index in [9.17, 15) is 13.2 Å². The van der Waals surface area contributed by atoms with E-state index < -0.39 is 15.9 Å². The minimum atomic E-state index is -3.75. The number of rotatable bonds is 5. The molecule has 1 N–H and O–H groups in total. The van der Waals surface area contributed by atoms with Crippen LogP contribution in [0.5, 0.6) is 0 Å². The summed E-state index contributed by atoms with van der Waals surface area (Å²) in [7, 11) is -3.75. The van der Waals surface area contributed by atoms with Gasteiger partial charge >= 0.3 is 0 Å². The van der Waals surface area contributed by atoms with E-state index in [2.05, 4.69) is 15.6 Å². The number of hydrogen-bond acceptors (Lipinski definition) is 6. The lowest BCUT2D eigenvalue weighted by Gasteiger charge is -2.31. The summed E-state index contributed by atoms with van der Waals surface area (Å²) in [5.74, 6) is 0.392. The van der Waals surface area contributed by atoms with Crippen molar-refractivity contribution in [1.82, 2.24) is 19.2 Å². The van der Waals surface area contributed by atoms with Gasteiger partial charge in [-0.1, -0.05) is 24.4 Å². The van der Waals surface area contributed by atoms with Crippen LogP contribution in [0.2, 0.25) is 0 Å². The molecule has 0 bridgehead atoms. The van der Waals surface area contributed by atoms with Crippen LogP contribution in [-0.4, -0.2) is 46.7 Å². The first-order chi connectivity index (χ1) is 14.4. The van der Waals surface area contributed by atoms with E-state index in [1.807, 2.05) is 10.7 Å². The van der Waals surface area contributed by atoms with Gasteiger partial charge in [-0.05, 0) is 39.5 Å². The summed E-state index contributed by atoms with van der Waals surface area (Å²) in [6, 6.07) is 2.13. The van der Waals surface area contributed by atoms with E-state index in [4.69, 9.17) is 4.52 Å². The molecule has 1 saturated carbocycles. The Labute approximate surface area is 176 Å². The molecule has 2 aromatic heterocycles. The second-order valence-electron chi connectivity index (χ2n) is 8.30. The number of anilines is 1. The van der Waals surface area contributed by atoms with Crippen LogP contribution >= 0.6 is 0 Å². The zero-order valence-electron chi connectivity index (χ0n) is 17.5. The van der Waals surface area contributed by atoms with Gasteiger partial charge in [0.25, 0.3) is 0 Å². The number of nitrogens with zero attached hydrogens (tertiary/aromatic N) is 4. The Balaban J connectivity index is 1.47. The largest absolute Gasteiger partial charge is 0.360 e. The normalized spacial score (nSPS) is 21.6. The van der Waals surface area contributed by atoms with Crippen LogP contribution in [0.4, 0.5) is 5.82 Å². The molecular formula is C20H29N5O4S. The molecule has 1 unspecified atom stereocenters. The fraction of sp³-hybridized carbons (Fsp3) is 0.650. The van der Waals surface area contributed by atoms with Crippen molar-refractivity contribution in [2.75, 3.05) is 18.4 Å². The van der Waals surface area contributed by atoms with Gasteiger partial charge in [0, 0.05) is 19.2 Å². The lowest BCUT2D eigenvalue weighted by molar-refractivity contribution is -0.120. The third-order valence-corrected chi connectivity index (χ3v) is 8.27. The van der Waals surface area contributed by atoms with Crippen molar-refractivity contribution in [1.29, 1.82) is 0 Å². The average Bonchev–Trinajstić information content (AvgIpc) is 3.35. The standard InChI is InChI=1S/C20H29N5O4S/c1-14-19(15(2)29-23-14)30(27,28)24-12-6-7-16(13-24)20(26)22-18-10-11-21-25(18)17-8-4-3-5-9-17/h10-11,16-17H,3-9,12-13H2,1-2H3,(H,22,26). The molecule has 1 atom stereocenters. The van der Waals surface area contributed by atoms with Gasteiger partial charge in [-0.3, -0.25) is 4.79 Å². The third-order valence-electron chi connectivity index (χ3n) is 6.16. The average molecular weight is 436 g/mol. The van der Waals surface area contributed by atoms with E-state index in [0.29, 0.717) is 36.9 Å². The highest BCUT2D eigenvalue weighted by Crippen LogP contribution is 2.31. The summed E-state index contributed by atoms with van der Waals surface area (Å²) in [5, 5.41) is 11.2. The molecule has 1 amide bonds. The molecule has 0 spiro atoms. The van der Waals surface area contributed by atoms with Crippen LogP contribution in [0.1, 0.15) is 62.4 Å². The van der Waals surface area contributed by atoms with Crippen LogP contribution in [0.25, 0.3) is 0 Å². The Morgan fingerprint density at radius 2 is 1.93 bits per heavy atom. The Morgan fingerprint density at radius 3 is 2.63 bits per heavy atom. The summed E-state index contributed by atoms with van der Waals surface area (Å²) in [5.41, 5.74) is 0.343. The molecule has 9 nitrogen and oxygen atoms in total. The van der Waals surface area contributed by atoms with Crippen LogP contribution in [0, 0.1) is 19.8 Å². The molecule has 1 aliphatic heterocycles. The van der Waals surface area contributed by atoms with Gasteiger partial charge in [0.2, 0.25) is 15.9 Å². The Morgan fingerprint density at radius 1 is 1.17 bits per heavy atom. The number of carbonyl (C=O) groups excluding carboxylic acids is 1. The van der Waals surface area contributed by atoms with Crippen molar-refractivity contribution in [2.24, 2.45) is 5.92 Å². The fourth-order valence-corrected chi connectivity index (χ4v) is 6.42. The van der Waals surface area contributed by atoms with Gasteiger partial charge in [0.1, 0.15) is 16.4 Å². The SMILES string of the molecule is Cc1noc(C)c1S(=O)(=O)N1CCCC(C(=O)Nc2ccnn2C2CCCCC2)C1. The molecule has 2 aliphatic rings. The van der Waals surface area contributed by atoms with E-state index >= 15 is 0 Å². The minimum Gasteiger partial charge on any atom is -0.360 e. The van der Waals surface area contributed by atoms with E-state index in [1.54, 1.807) is 20.0 Å². The van der Waals surface area contributed by atoms with E-state index in [0.717, 1.165) is 12.8 Å². The Bertz CT molecular complexity index is 987. The Hall–Kier alpha value is -2.20. The zero-order chi connectivity index (χ0) is 21.3. The number of hydrogen-bond donors (Lipinski definition) is 1. The van der Waals surface area contributed by atoms with Crippen molar-refractivity contribution in [3.8, 4) is 0 Å². The molecule has 0 aromatic carbocycles. The molecule has 4 rings (SSSR count). The number of amides is 1.